The van der Waals surface area contributed by atoms with Gasteiger partial charge in [0.15, 0.2) is 0 Å². The Bertz CT molecular complexity index is 343. The molecule has 2 atom stereocenters. The zero-order valence-corrected chi connectivity index (χ0v) is 12.2. The zero-order valence-electron chi connectivity index (χ0n) is 10.6. The number of likely N-dealkylation sites (tertiary alicyclic amines) is 1. The van der Waals surface area contributed by atoms with Crippen molar-refractivity contribution >= 4 is 22.9 Å². The van der Waals surface area contributed by atoms with Crippen LogP contribution in [0.3, 0.4) is 0 Å². The summed E-state index contributed by atoms with van der Waals surface area (Å²) < 4.78 is 0.879. The lowest BCUT2D eigenvalue weighted by molar-refractivity contribution is 0.321. The first kappa shape index (κ1) is 13.3. The second-order valence-corrected chi connectivity index (χ2v) is 6.90. The smallest absolute Gasteiger partial charge is 0.0931 e. The number of nitrogens with one attached hydrogen (secondary N) is 1. The molecule has 1 aliphatic rings. The molecule has 0 radical (unpaired) electrons. The van der Waals surface area contributed by atoms with E-state index in [9.17, 15) is 0 Å². The first-order valence-electron chi connectivity index (χ1n) is 6.32. The summed E-state index contributed by atoms with van der Waals surface area (Å²) in [5, 5.41) is 3.48. The number of rotatable bonds is 5. The predicted octanol–water partition coefficient (Wildman–Crippen LogP) is 3.08. The van der Waals surface area contributed by atoms with E-state index >= 15 is 0 Å². The van der Waals surface area contributed by atoms with Crippen LogP contribution in [0.1, 0.15) is 18.7 Å². The van der Waals surface area contributed by atoms with E-state index in [0.29, 0.717) is 0 Å². The van der Waals surface area contributed by atoms with E-state index in [4.69, 9.17) is 11.6 Å². The maximum atomic E-state index is 5.89. The van der Waals surface area contributed by atoms with E-state index in [2.05, 4.69) is 30.1 Å². The fourth-order valence-electron chi connectivity index (χ4n) is 2.33. The number of hydrogen-bond donors (Lipinski definition) is 1. The number of hydrogen-bond acceptors (Lipinski definition) is 3. The minimum absolute atomic E-state index is 0.853. The largest absolute Gasteiger partial charge is 0.311 e. The average Bonchev–Trinajstić information content (AvgIpc) is 2.82. The number of nitrogens with zero attached hydrogens (tertiary/aromatic N) is 1. The van der Waals surface area contributed by atoms with Crippen LogP contribution in [0.25, 0.3) is 0 Å². The van der Waals surface area contributed by atoms with Gasteiger partial charge in [0.1, 0.15) is 0 Å². The van der Waals surface area contributed by atoms with Crippen molar-refractivity contribution in [1.29, 1.82) is 0 Å². The molecule has 1 saturated heterocycles. The normalized spacial score (nSPS) is 25.6. The first-order chi connectivity index (χ1) is 8.15. The highest BCUT2D eigenvalue weighted by Gasteiger charge is 2.24. The van der Waals surface area contributed by atoms with Crippen LogP contribution in [-0.2, 0) is 6.54 Å². The molecule has 2 unspecified atom stereocenters. The summed E-state index contributed by atoms with van der Waals surface area (Å²) in [4.78, 5) is 3.88. The van der Waals surface area contributed by atoms with Crippen LogP contribution in [0.5, 0.6) is 0 Å². The highest BCUT2D eigenvalue weighted by molar-refractivity contribution is 7.16. The standard InChI is InChI=1S/C13H21ClN2S/c1-10-8-16(9-11(10)2)6-5-15-7-12-3-4-13(14)17-12/h3-4,10-11,15H,5-9H2,1-2H3. The van der Waals surface area contributed by atoms with Gasteiger partial charge in [-0.2, -0.15) is 0 Å². The summed E-state index contributed by atoms with van der Waals surface area (Å²) in [5.41, 5.74) is 0. The van der Waals surface area contributed by atoms with Gasteiger partial charge in [-0.25, -0.2) is 0 Å². The Kier molecular flexibility index (Phi) is 4.86. The van der Waals surface area contributed by atoms with Gasteiger partial charge < -0.3 is 10.2 Å². The van der Waals surface area contributed by atoms with E-state index in [0.717, 1.165) is 35.8 Å². The van der Waals surface area contributed by atoms with Crippen molar-refractivity contribution in [3.63, 3.8) is 0 Å². The van der Waals surface area contributed by atoms with Gasteiger partial charge in [-0.05, 0) is 24.0 Å². The summed E-state index contributed by atoms with van der Waals surface area (Å²) in [6, 6.07) is 4.06. The van der Waals surface area contributed by atoms with Gasteiger partial charge in [-0.3, -0.25) is 0 Å². The minimum Gasteiger partial charge on any atom is -0.311 e. The Balaban J connectivity index is 1.61. The van der Waals surface area contributed by atoms with E-state index < -0.39 is 0 Å². The Morgan fingerprint density at radius 2 is 2.06 bits per heavy atom. The van der Waals surface area contributed by atoms with E-state index in [-0.39, 0.29) is 0 Å². The lowest BCUT2D eigenvalue weighted by Crippen LogP contribution is -2.30. The molecule has 1 aliphatic heterocycles. The molecular formula is C13H21ClN2S. The van der Waals surface area contributed by atoms with Gasteiger partial charge in [0, 0.05) is 37.6 Å². The Hall–Kier alpha value is -0.0900. The second kappa shape index (κ2) is 6.19. The van der Waals surface area contributed by atoms with Crippen molar-refractivity contribution in [1.82, 2.24) is 10.2 Å². The highest BCUT2D eigenvalue weighted by Crippen LogP contribution is 2.22. The third-order valence-corrected chi connectivity index (χ3v) is 4.83. The third-order valence-electron chi connectivity index (χ3n) is 3.60. The van der Waals surface area contributed by atoms with E-state index in [1.54, 1.807) is 11.3 Å². The van der Waals surface area contributed by atoms with E-state index in [1.165, 1.54) is 18.0 Å². The molecule has 0 bridgehead atoms. The van der Waals surface area contributed by atoms with Crippen molar-refractivity contribution < 1.29 is 0 Å². The molecular weight excluding hydrogens is 252 g/mol. The lowest BCUT2D eigenvalue weighted by Gasteiger charge is -2.15. The Labute approximate surface area is 113 Å². The molecule has 1 aromatic heterocycles. The monoisotopic (exact) mass is 272 g/mol. The van der Waals surface area contributed by atoms with Gasteiger partial charge in [-0.1, -0.05) is 25.4 Å². The minimum atomic E-state index is 0.853. The van der Waals surface area contributed by atoms with Gasteiger partial charge in [0.25, 0.3) is 0 Å². The van der Waals surface area contributed by atoms with Gasteiger partial charge in [0.05, 0.1) is 4.34 Å². The maximum Gasteiger partial charge on any atom is 0.0931 e. The van der Waals surface area contributed by atoms with Crippen LogP contribution >= 0.6 is 22.9 Å². The van der Waals surface area contributed by atoms with Gasteiger partial charge in [-0.15, -0.1) is 11.3 Å². The first-order valence-corrected chi connectivity index (χ1v) is 7.52. The molecule has 2 nitrogen and oxygen atoms in total. The molecule has 4 heteroatoms. The molecule has 1 N–H and O–H groups in total. The fourth-order valence-corrected chi connectivity index (χ4v) is 3.38. The van der Waals surface area contributed by atoms with Crippen molar-refractivity contribution in [2.45, 2.75) is 20.4 Å². The Morgan fingerprint density at radius 1 is 1.35 bits per heavy atom. The summed E-state index contributed by atoms with van der Waals surface area (Å²) >= 11 is 7.55. The fraction of sp³-hybridized carbons (Fsp3) is 0.692. The quantitative estimate of drug-likeness (QED) is 0.829. The predicted molar refractivity (Wildman–Crippen MR) is 75.8 cm³/mol. The molecule has 0 saturated carbocycles. The number of halogens is 1. The van der Waals surface area contributed by atoms with Crippen LogP contribution in [0, 0.1) is 11.8 Å². The molecule has 0 aromatic carbocycles. The lowest BCUT2D eigenvalue weighted by atomic mass is 10.0. The molecule has 1 fully saturated rings. The van der Waals surface area contributed by atoms with Crippen molar-refractivity contribution in [3.8, 4) is 0 Å². The van der Waals surface area contributed by atoms with Crippen LogP contribution in [0.4, 0.5) is 0 Å². The van der Waals surface area contributed by atoms with Crippen LogP contribution in [-0.4, -0.2) is 31.1 Å². The van der Waals surface area contributed by atoms with Crippen LogP contribution in [0.2, 0.25) is 4.34 Å². The van der Waals surface area contributed by atoms with Gasteiger partial charge >= 0.3 is 0 Å². The summed E-state index contributed by atoms with van der Waals surface area (Å²) in [7, 11) is 0. The Morgan fingerprint density at radius 3 is 2.65 bits per heavy atom. The summed E-state index contributed by atoms with van der Waals surface area (Å²) in [6.07, 6.45) is 0. The molecule has 2 heterocycles. The van der Waals surface area contributed by atoms with Crippen molar-refractivity contribution in [2.75, 3.05) is 26.2 Å². The summed E-state index contributed by atoms with van der Waals surface area (Å²) in [6.45, 7) is 10.4. The molecule has 17 heavy (non-hydrogen) atoms. The second-order valence-electron chi connectivity index (χ2n) is 5.10. The van der Waals surface area contributed by atoms with E-state index in [1.807, 2.05) is 6.07 Å². The molecule has 2 rings (SSSR count). The molecule has 0 aliphatic carbocycles. The van der Waals surface area contributed by atoms with Crippen LogP contribution in [0.15, 0.2) is 12.1 Å². The number of thiophene rings is 1. The highest BCUT2D eigenvalue weighted by atomic mass is 35.5. The average molecular weight is 273 g/mol. The molecule has 96 valence electrons. The zero-order chi connectivity index (χ0) is 12.3. The van der Waals surface area contributed by atoms with Gasteiger partial charge in [0.2, 0.25) is 0 Å². The van der Waals surface area contributed by atoms with Crippen molar-refractivity contribution in [2.24, 2.45) is 11.8 Å². The molecule has 0 spiro atoms. The summed E-state index contributed by atoms with van der Waals surface area (Å²) in [5.74, 6) is 1.71. The maximum absolute atomic E-state index is 5.89. The van der Waals surface area contributed by atoms with Crippen LogP contribution < -0.4 is 5.32 Å². The molecule has 1 aromatic rings. The SMILES string of the molecule is CC1CN(CCNCc2ccc(Cl)s2)CC1C. The topological polar surface area (TPSA) is 15.3 Å². The molecule has 0 amide bonds. The third kappa shape index (κ3) is 3.95. The van der Waals surface area contributed by atoms with Crippen molar-refractivity contribution in [3.05, 3.63) is 21.3 Å².